The highest BCUT2D eigenvalue weighted by molar-refractivity contribution is 7.53. The summed E-state index contributed by atoms with van der Waals surface area (Å²) in [6.07, 6.45) is 2.04. The molecule has 0 saturated heterocycles. The molecule has 73 valence electrons. The van der Waals surface area contributed by atoms with Crippen LogP contribution in [0, 0.1) is 6.92 Å². The predicted molar refractivity (Wildman–Crippen MR) is 50.3 cm³/mol. The average Bonchev–Trinajstić information content (AvgIpc) is 2.02. The lowest BCUT2D eigenvalue weighted by atomic mass is 10.4. The van der Waals surface area contributed by atoms with Gasteiger partial charge in [0.15, 0.2) is 0 Å². The minimum Gasteiger partial charge on any atom is -0.309 e. The SMILES string of the molecule is [CH2]CCCP(=O)(OCC)OCC. The van der Waals surface area contributed by atoms with Crippen molar-refractivity contribution in [3.63, 3.8) is 0 Å². The molecular formula is C8H18O3P. The Bertz CT molecular complexity index is 137. The molecule has 3 nitrogen and oxygen atoms in total. The van der Waals surface area contributed by atoms with Gasteiger partial charge in [0.2, 0.25) is 0 Å². The van der Waals surface area contributed by atoms with Crippen LogP contribution in [-0.4, -0.2) is 19.4 Å². The van der Waals surface area contributed by atoms with E-state index in [1.165, 1.54) is 0 Å². The molecule has 0 amide bonds. The van der Waals surface area contributed by atoms with Crippen molar-refractivity contribution in [2.75, 3.05) is 19.4 Å². The molecule has 0 aromatic carbocycles. The van der Waals surface area contributed by atoms with E-state index in [9.17, 15) is 4.57 Å². The molecular weight excluding hydrogens is 175 g/mol. The van der Waals surface area contributed by atoms with Gasteiger partial charge in [-0.1, -0.05) is 13.3 Å². The first-order valence-corrected chi connectivity index (χ1v) is 6.08. The Hall–Kier alpha value is 0.150. The van der Waals surface area contributed by atoms with Gasteiger partial charge >= 0.3 is 7.60 Å². The van der Waals surface area contributed by atoms with Gasteiger partial charge in [-0.3, -0.25) is 4.57 Å². The highest BCUT2D eigenvalue weighted by atomic mass is 31.2. The molecule has 1 radical (unpaired) electrons. The Morgan fingerprint density at radius 3 is 2.08 bits per heavy atom. The van der Waals surface area contributed by atoms with Gasteiger partial charge in [-0.15, -0.1) is 0 Å². The summed E-state index contributed by atoms with van der Waals surface area (Å²) in [5.41, 5.74) is 0. The third-order valence-corrected chi connectivity index (χ3v) is 3.50. The largest absolute Gasteiger partial charge is 0.330 e. The van der Waals surface area contributed by atoms with E-state index in [0.717, 1.165) is 12.8 Å². The van der Waals surface area contributed by atoms with Crippen LogP contribution in [0.4, 0.5) is 0 Å². The van der Waals surface area contributed by atoms with Crippen LogP contribution < -0.4 is 0 Å². The molecule has 0 spiro atoms. The van der Waals surface area contributed by atoms with E-state index in [2.05, 4.69) is 6.92 Å². The van der Waals surface area contributed by atoms with E-state index in [0.29, 0.717) is 19.4 Å². The minimum absolute atomic E-state index is 0.439. The molecule has 0 unspecified atom stereocenters. The highest BCUT2D eigenvalue weighted by Crippen LogP contribution is 2.48. The van der Waals surface area contributed by atoms with Crippen molar-refractivity contribution in [2.45, 2.75) is 26.7 Å². The van der Waals surface area contributed by atoms with Crippen LogP contribution in [0.3, 0.4) is 0 Å². The maximum atomic E-state index is 11.7. The van der Waals surface area contributed by atoms with Gasteiger partial charge in [0, 0.05) is 0 Å². The summed E-state index contributed by atoms with van der Waals surface area (Å²) in [5.74, 6) is 0. The quantitative estimate of drug-likeness (QED) is 0.583. The van der Waals surface area contributed by atoms with Crippen molar-refractivity contribution in [3.05, 3.63) is 6.92 Å². The summed E-state index contributed by atoms with van der Waals surface area (Å²) in [5, 5.41) is 0. The number of rotatable bonds is 7. The molecule has 0 aliphatic heterocycles. The fraction of sp³-hybridized carbons (Fsp3) is 0.875. The summed E-state index contributed by atoms with van der Waals surface area (Å²) in [6.45, 7) is 8.19. The second-order valence-electron chi connectivity index (χ2n) is 2.38. The summed E-state index contributed by atoms with van der Waals surface area (Å²) in [6, 6.07) is 0. The molecule has 0 N–H and O–H groups in total. The summed E-state index contributed by atoms with van der Waals surface area (Å²) in [7, 11) is -2.78. The lowest BCUT2D eigenvalue weighted by molar-refractivity contribution is 0.220. The van der Waals surface area contributed by atoms with E-state index in [4.69, 9.17) is 9.05 Å². The molecule has 0 atom stereocenters. The molecule has 0 aromatic heterocycles. The van der Waals surface area contributed by atoms with E-state index >= 15 is 0 Å². The second kappa shape index (κ2) is 6.64. The zero-order valence-corrected chi connectivity index (χ0v) is 8.81. The molecule has 12 heavy (non-hydrogen) atoms. The number of unbranched alkanes of at least 4 members (excludes halogenated alkanes) is 1. The molecule has 0 fully saturated rings. The van der Waals surface area contributed by atoms with Crippen LogP contribution in [0.25, 0.3) is 0 Å². The van der Waals surface area contributed by atoms with Gasteiger partial charge in [-0.2, -0.15) is 0 Å². The van der Waals surface area contributed by atoms with Crippen LogP contribution in [-0.2, 0) is 13.6 Å². The smallest absolute Gasteiger partial charge is 0.309 e. The lowest BCUT2D eigenvalue weighted by Crippen LogP contribution is -1.99. The first kappa shape index (κ1) is 12.2. The van der Waals surface area contributed by atoms with Crippen molar-refractivity contribution in [1.82, 2.24) is 0 Å². The molecule has 0 aromatic rings. The van der Waals surface area contributed by atoms with Gasteiger partial charge in [-0.25, -0.2) is 0 Å². The van der Waals surface area contributed by atoms with Gasteiger partial charge in [0.05, 0.1) is 19.4 Å². The van der Waals surface area contributed by atoms with E-state index in [1.807, 2.05) is 13.8 Å². The average molecular weight is 193 g/mol. The monoisotopic (exact) mass is 193 g/mol. The predicted octanol–water partition coefficient (Wildman–Crippen LogP) is 2.87. The van der Waals surface area contributed by atoms with Crippen molar-refractivity contribution in [1.29, 1.82) is 0 Å². The van der Waals surface area contributed by atoms with Gasteiger partial charge in [0.25, 0.3) is 0 Å². The van der Waals surface area contributed by atoms with E-state index < -0.39 is 7.60 Å². The van der Waals surface area contributed by atoms with Crippen molar-refractivity contribution < 1.29 is 13.6 Å². The maximum Gasteiger partial charge on any atom is 0.330 e. The van der Waals surface area contributed by atoms with Crippen LogP contribution in [0.1, 0.15) is 26.7 Å². The Morgan fingerprint density at radius 2 is 1.75 bits per heavy atom. The lowest BCUT2D eigenvalue weighted by Gasteiger charge is -2.15. The number of hydrogen-bond donors (Lipinski definition) is 0. The zero-order valence-electron chi connectivity index (χ0n) is 7.91. The van der Waals surface area contributed by atoms with Crippen molar-refractivity contribution in [2.24, 2.45) is 0 Å². The van der Waals surface area contributed by atoms with E-state index in [1.54, 1.807) is 0 Å². The topological polar surface area (TPSA) is 35.5 Å². The third-order valence-electron chi connectivity index (χ3n) is 1.33. The van der Waals surface area contributed by atoms with Crippen molar-refractivity contribution in [3.8, 4) is 0 Å². The van der Waals surface area contributed by atoms with Gasteiger partial charge < -0.3 is 9.05 Å². The molecule has 0 rings (SSSR count). The van der Waals surface area contributed by atoms with E-state index in [-0.39, 0.29) is 0 Å². The Kier molecular flexibility index (Phi) is 6.73. The van der Waals surface area contributed by atoms with Gasteiger partial charge in [0.1, 0.15) is 0 Å². The molecule has 0 heterocycles. The molecule has 0 aliphatic carbocycles. The van der Waals surface area contributed by atoms with Crippen LogP contribution in [0.2, 0.25) is 0 Å². The Balaban J connectivity index is 3.90. The second-order valence-corrected chi connectivity index (χ2v) is 4.56. The van der Waals surface area contributed by atoms with Crippen LogP contribution in [0.5, 0.6) is 0 Å². The minimum atomic E-state index is -2.78. The van der Waals surface area contributed by atoms with Gasteiger partial charge in [-0.05, 0) is 20.3 Å². The fourth-order valence-electron chi connectivity index (χ4n) is 0.865. The molecule has 0 aliphatic rings. The maximum absolute atomic E-state index is 11.7. The molecule has 0 bridgehead atoms. The molecule has 0 saturated carbocycles. The zero-order chi connectivity index (χ0) is 9.45. The first-order chi connectivity index (χ1) is 5.68. The third kappa shape index (κ3) is 4.91. The summed E-state index contributed by atoms with van der Waals surface area (Å²) in [4.78, 5) is 0. The molecule has 4 heteroatoms. The van der Waals surface area contributed by atoms with Crippen LogP contribution in [0.15, 0.2) is 0 Å². The summed E-state index contributed by atoms with van der Waals surface area (Å²) < 4.78 is 21.9. The normalized spacial score (nSPS) is 11.9. The van der Waals surface area contributed by atoms with Crippen molar-refractivity contribution >= 4 is 7.60 Å². The Morgan fingerprint density at radius 1 is 1.25 bits per heavy atom. The highest BCUT2D eigenvalue weighted by Gasteiger charge is 2.21. The number of hydrogen-bond acceptors (Lipinski definition) is 3. The summed E-state index contributed by atoms with van der Waals surface area (Å²) >= 11 is 0. The Labute approximate surface area is 75.0 Å². The van der Waals surface area contributed by atoms with Crippen LogP contribution >= 0.6 is 7.60 Å². The standard InChI is InChI=1S/C8H18O3P/c1-4-7-8-12(9,10-5-2)11-6-3/h1,4-8H2,2-3H3. The fourth-order valence-corrected chi connectivity index (χ4v) is 2.60. The first-order valence-electron chi connectivity index (χ1n) is 4.36.